The van der Waals surface area contributed by atoms with Crippen molar-refractivity contribution in [3.05, 3.63) is 59.4 Å². The molecular weight excluding hydrogens is 254 g/mol. The van der Waals surface area contributed by atoms with E-state index in [1.165, 1.54) is 5.56 Å². The Morgan fingerprint density at radius 2 is 2.00 bits per heavy atom. The first-order valence-corrected chi connectivity index (χ1v) is 6.52. The molecule has 1 aromatic heterocycles. The molecule has 4 heteroatoms. The van der Waals surface area contributed by atoms with Gasteiger partial charge < -0.3 is 9.84 Å². The van der Waals surface area contributed by atoms with Crippen molar-refractivity contribution in [1.82, 2.24) is 4.98 Å². The number of rotatable bonds is 6. The fraction of sp³-hybridized carbons (Fsp3) is 0.250. The molecule has 0 saturated carbocycles. The summed E-state index contributed by atoms with van der Waals surface area (Å²) in [6.07, 6.45) is 5.41. The van der Waals surface area contributed by atoms with Crippen LogP contribution in [0, 0.1) is 6.92 Å². The number of benzene rings is 1. The minimum Gasteiger partial charge on any atom is -0.494 e. The zero-order chi connectivity index (χ0) is 14.4. The first kappa shape index (κ1) is 14.1. The Hall–Kier alpha value is -2.36. The van der Waals surface area contributed by atoms with E-state index in [-0.39, 0.29) is 0 Å². The lowest BCUT2D eigenvalue weighted by Crippen LogP contribution is -2.02. The molecule has 0 bridgehead atoms. The predicted molar refractivity (Wildman–Crippen MR) is 76.2 cm³/mol. The van der Waals surface area contributed by atoms with Crippen molar-refractivity contribution in [1.29, 1.82) is 0 Å². The van der Waals surface area contributed by atoms with Gasteiger partial charge in [0.2, 0.25) is 0 Å². The third kappa shape index (κ3) is 3.82. The number of aromatic nitrogens is 1. The van der Waals surface area contributed by atoms with Gasteiger partial charge in [-0.2, -0.15) is 0 Å². The second-order valence-corrected chi connectivity index (χ2v) is 4.59. The van der Waals surface area contributed by atoms with Gasteiger partial charge >= 0.3 is 5.97 Å². The van der Waals surface area contributed by atoms with E-state index in [4.69, 9.17) is 9.84 Å². The van der Waals surface area contributed by atoms with Gasteiger partial charge in [0.25, 0.3) is 0 Å². The molecule has 0 fully saturated rings. The maximum Gasteiger partial charge on any atom is 0.335 e. The first-order valence-electron chi connectivity index (χ1n) is 6.52. The molecule has 1 heterocycles. The third-order valence-electron chi connectivity index (χ3n) is 3.06. The number of aryl methyl sites for hydroxylation is 2. The molecule has 2 rings (SSSR count). The van der Waals surface area contributed by atoms with Crippen molar-refractivity contribution in [2.45, 2.75) is 19.8 Å². The maximum absolute atomic E-state index is 10.9. The standard InChI is InChI=1S/C16H17NO3/c1-12-11-14(4-5-15(12)16(18)19)20-10-2-3-13-6-8-17-9-7-13/h4-9,11H,2-3,10H2,1H3,(H,18,19). The lowest BCUT2D eigenvalue weighted by atomic mass is 10.1. The lowest BCUT2D eigenvalue weighted by molar-refractivity contribution is 0.0696. The zero-order valence-corrected chi connectivity index (χ0v) is 11.4. The topological polar surface area (TPSA) is 59.4 Å². The minimum atomic E-state index is -0.910. The highest BCUT2D eigenvalue weighted by atomic mass is 16.5. The van der Waals surface area contributed by atoms with Gasteiger partial charge in [-0.3, -0.25) is 4.98 Å². The maximum atomic E-state index is 10.9. The lowest BCUT2D eigenvalue weighted by Gasteiger charge is -2.08. The summed E-state index contributed by atoms with van der Waals surface area (Å²) >= 11 is 0. The Labute approximate surface area is 118 Å². The van der Waals surface area contributed by atoms with Crippen LogP contribution in [-0.4, -0.2) is 22.7 Å². The van der Waals surface area contributed by atoms with Gasteiger partial charge in [-0.15, -0.1) is 0 Å². The number of aromatic carboxylic acids is 1. The van der Waals surface area contributed by atoms with E-state index in [2.05, 4.69) is 4.98 Å². The summed E-state index contributed by atoms with van der Waals surface area (Å²) in [5, 5.41) is 8.95. The van der Waals surface area contributed by atoms with Crippen molar-refractivity contribution in [2.24, 2.45) is 0 Å². The molecule has 0 aliphatic heterocycles. The van der Waals surface area contributed by atoms with Gasteiger partial charge in [-0.05, 0) is 61.2 Å². The Balaban J connectivity index is 1.83. The average Bonchev–Trinajstić information content (AvgIpc) is 2.44. The molecule has 2 aromatic rings. The van der Waals surface area contributed by atoms with Crippen LogP contribution in [0.2, 0.25) is 0 Å². The second-order valence-electron chi connectivity index (χ2n) is 4.59. The van der Waals surface area contributed by atoms with E-state index in [0.717, 1.165) is 12.8 Å². The van der Waals surface area contributed by atoms with Crippen LogP contribution in [0.25, 0.3) is 0 Å². The molecule has 0 saturated heterocycles. The number of carboxylic acids is 1. The van der Waals surface area contributed by atoms with Crippen molar-refractivity contribution < 1.29 is 14.6 Å². The number of carbonyl (C=O) groups is 1. The van der Waals surface area contributed by atoms with Crippen LogP contribution >= 0.6 is 0 Å². The van der Waals surface area contributed by atoms with Crippen molar-refractivity contribution in [3.8, 4) is 5.75 Å². The van der Waals surface area contributed by atoms with Crippen molar-refractivity contribution in [2.75, 3.05) is 6.61 Å². The smallest absolute Gasteiger partial charge is 0.335 e. The van der Waals surface area contributed by atoms with E-state index in [9.17, 15) is 4.79 Å². The van der Waals surface area contributed by atoms with E-state index < -0.39 is 5.97 Å². The molecule has 4 nitrogen and oxygen atoms in total. The highest BCUT2D eigenvalue weighted by Gasteiger charge is 2.07. The number of pyridine rings is 1. The number of hydrogen-bond acceptors (Lipinski definition) is 3. The van der Waals surface area contributed by atoms with E-state index in [1.807, 2.05) is 12.1 Å². The summed E-state index contributed by atoms with van der Waals surface area (Å²) in [7, 11) is 0. The van der Waals surface area contributed by atoms with Crippen molar-refractivity contribution >= 4 is 5.97 Å². The molecule has 0 atom stereocenters. The molecule has 1 N–H and O–H groups in total. The fourth-order valence-corrected chi connectivity index (χ4v) is 1.98. The molecule has 0 radical (unpaired) electrons. The van der Waals surface area contributed by atoms with Gasteiger partial charge in [-0.1, -0.05) is 0 Å². The monoisotopic (exact) mass is 271 g/mol. The van der Waals surface area contributed by atoms with Gasteiger partial charge in [0.15, 0.2) is 0 Å². The number of ether oxygens (including phenoxy) is 1. The second kappa shape index (κ2) is 6.70. The summed E-state index contributed by atoms with van der Waals surface area (Å²) in [5.74, 6) is -0.200. The van der Waals surface area contributed by atoms with E-state index in [1.54, 1.807) is 37.5 Å². The number of nitrogens with zero attached hydrogens (tertiary/aromatic N) is 1. The average molecular weight is 271 g/mol. The molecule has 1 aromatic carbocycles. The summed E-state index contributed by atoms with van der Waals surface area (Å²) in [6, 6.07) is 9.02. The molecule has 104 valence electrons. The fourth-order valence-electron chi connectivity index (χ4n) is 1.98. The van der Waals surface area contributed by atoms with Crippen LogP contribution in [0.1, 0.15) is 27.9 Å². The van der Waals surface area contributed by atoms with E-state index >= 15 is 0 Å². The molecule has 0 aliphatic rings. The van der Waals surface area contributed by atoms with Crippen LogP contribution in [0.3, 0.4) is 0 Å². The molecule has 0 aliphatic carbocycles. The highest BCUT2D eigenvalue weighted by molar-refractivity contribution is 5.89. The van der Waals surface area contributed by atoms with Crippen molar-refractivity contribution in [3.63, 3.8) is 0 Å². The van der Waals surface area contributed by atoms with Crippen LogP contribution in [0.5, 0.6) is 5.75 Å². The van der Waals surface area contributed by atoms with Crippen LogP contribution in [0.15, 0.2) is 42.7 Å². The Morgan fingerprint density at radius 1 is 1.25 bits per heavy atom. The summed E-state index contributed by atoms with van der Waals surface area (Å²) in [5.41, 5.74) is 2.26. The highest BCUT2D eigenvalue weighted by Crippen LogP contribution is 2.17. The normalized spacial score (nSPS) is 10.2. The van der Waals surface area contributed by atoms with Gasteiger partial charge in [-0.25, -0.2) is 4.79 Å². The molecule has 0 spiro atoms. The van der Waals surface area contributed by atoms with Gasteiger partial charge in [0.05, 0.1) is 12.2 Å². The molecule has 20 heavy (non-hydrogen) atoms. The number of hydrogen-bond donors (Lipinski definition) is 1. The third-order valence-corrected chi connectivity index (χ3v) is 3.06. The van der Waals surface area contributed by atoms with Crippen LogP contribution in [-0.2, 0) is 6.42 Å². The minimum absolute atomic E-state index is 0.314. The summed E-state index contributed by atoms with van der Waals surface area (Å²) < 4.78 is 5.63. The quantitative estimate of drug-likeness (QED) is 0.820. The summed E-state index contributed by atoms with van der Waals surface area (Å²) in [6.45, 7) is 2.38. The summed E-state index contributed by atoms with van der Waals surface area (Å²) in [4.78, 5) is 14.9. The zero-order valence-electron chi connectivity index (χ0n) is 11.4. The largest absolute Gasteiger partial charge is 0.494 e. The Bertz CT molecular complexity index is 582. The van der Waals surface area contributed by atoms with Gasteiger partial charge in [0, 0.05) is 12.4 Å². The van der Waals surface area contributed by atoms with E-state index in [0.29, 0.717) is 23.5 Å². The SMILES string of the molecule is Cc1cc(OCCCc2ccncc2)ccc1C(=O)O. The van der Waals surface area contributed by atoms with Crippen LogP contribution < -0.4 is 4.74 Å². The Morgan fingerprint density at radius 3 is 2.65 bits per heavy atom. The number of carboxylic acid groups (broad SMARTS) is 1. The predicted octanol–water partition coefficient (Wildman–Crippen LogP) is 3.10. The first-order chi connectivity index (χ1) is 9.66. The van der Waals surface area contributed by atoms with Gasteiger partial charge in [0.1, 0.15) is 5.75 Å². The molecule has 0 amide bonds. The molecule has 0 unspecified atom stereocenters. The Kier molecular flexibility index (Phi) is 4.71. The van der Waals surface area contributed by atoms with Crippen LogP contribution in [0.4, 0.5) is 0 Å². The molecular formula is C16H17NO3.